The molecule has 0 aliphatic heterocycles. The fraction of sp³-hybridized carbons (Fsp3) is 0.286. The zero-order valence-corrected chi connectivity index (χ0v) is 17.2. The molecule has 3 rings (SSSR count). The summed E-state index contributed by atoms with van der Waals surface area (Å²) >= 11 is 3.52. The lowest BCUT2D eigenvalue weighted by atomic mass is 10.1. The molecule has 5 nitrogen and oxygen atoms in total. The maximum atomic E-state index is 13.0. The molecule has 0 aliphatic carbocycles. The zero-order valence-electron chi connectivity index (χ0n) is 15.6. The fourth-order valence-corrected chi connectivity index (χ4v) is 3.67. The molecule has 1 unspecified atom stereocenters. The number of carbonyl (C=O) groups is 1. The highest BCUT2D eigenvalue weighted by Crippen LogP contribution is 2.23. The maximum absolute atomic E-state index is 13.0. The molecule has 2 aromatic carbocycles. The highest BCUT2D eigenvalue weighted by molar-refractivity contribution is 9.10. The topological polar surface area (TPSA) is 64.0 Å². The molecule has 1 amide bonds. The van der Waals surface area contributed by atoms with Crippen molar-refractivity contribution in [3.8, 4) is 0 Å². The Kier molecular flexibility index (Phi) is 5.75. The van der Waals surface area contributed by atoms with Crippen molar-refractivity contribution in [1.29, 1.82) is 0 Å². The minimum atomic E-state index is -0.299. The zero-order chi connectivity index (χ0) is 19.6. The Hall–Kier alpha value is -2.47. The van der Waals surface area contributed by atoms with Crippen LogP contribution in [0.4, 0.5) is 0 Å². The van der Waals surface area contributed by atoms with Gasteiger partial charge in [-0.1, -0.05) is 66.2 Å². The van der Waals surface area contributed by atoms with Gasteiger partial charge in [0, 0.05) is 16.4 Å². The van der Waals surface area contributed by atoms with E-state index in [1.807, 2.05) is 51.1 Å². The van der Waals surface area contributed by atoms with E-state index in [9.17, 15) is 9.59 Å². The minimum absolute atomic E-state index is 0.172. The van der Waals surface area contributed by atoms with Gasteiger partial charge in [0.1, 0.15) is 0 Å². The summed E-state index contributed by atoms with van der Waals surface area (Å²) in [5.41, 5.74) is 1.07. The number of hydrogen-bond acceptors (Lipinski definition) is 3. The third-order valence-corrected chi connectivity index (χ3v) is 5.06. The van der Waals surface area contributed by atoms with Crippen LogP contribution in [0.25, 0.3) is 10.8 Å². The highest BCUT2D eigenvalue weighted by Gasteiger charge is 2.19. The molecule has 0 spiro atoms. The van der Waals surface area contributed by atoms with Gasteiger partial charge in [-0.3, -0.25) is 9.59 Å². The standard InChI is InChI=1S/C21H22BrN3O2/c1-13(2)12-25-21(27)17-10-5-4-9-16(17)19(24-25)20(26)23-14(3)15-8-6-7-11-18(15)22/h4-11,13-14H,12H2,1-3H3,(H,23,26). The van der Waals surface area contributed by atoms with E-state index in [2.05, 4.69) is 26.3 Å². The molecule has 0 bridgehead atoms. The quantitative estimate of drug-likeness (QED) is 0.659. The monoisotopic (exact) mass is 427 g/mol. The summed E-state index contributed by atoms with van der Waals surface area (Å²) in [5, 5.41) is 8.46. The van der Waals surface area contributed by atoms with E-state index < -0.39 is 0 Å². The Morgan fingerprint density at radius 2 is 1.70 bits per heavy atom. The van der Waals surface area contributed by atoms with Crippen molar-refractivity contribution in [2.24, 2.45) is 5.92 Å². The Morgan fingerprint density at radius 3 is 2.37 bits per heavy atom. The van der Waals surface area contributed by atoms with Crippen LogP contribution in [-0.4, -0.2) is 15.7 Å². The van der Waals surface area contributed by atoms with Crippen molar-refractivity contribution >= 4 is 32.6 Å². The third-order valence-electron chi connectivity index (χ3n) is 4.34. The van der Waals surface area contributed by atoms with Crippen LogP contribution in [-0.2, 0) is 6.54 Å². The largest absolute Gasteiger partial charge is 0.344 e. The van der Waals surface area contributed by atoms with E-state index in [1.54, 1.807) is 18.2 Å². The number of nitrogens with zero attached hydrogens (tertiary/aromatic N) is 2. The first kappa shape index (κ1) is 19.3. The summed E-state index contributed by atoms with van der Waals surface area (Å²) in [6.45, 7) is 6.41. The summed E-state index contributed by atoms with van der Waals surface area (Å²) < 4.78 is 2.32. The molecule has 1 heterocycles. The first-order valence-electron chi connectivity index (χ1n) is 8.93. The summed E-state index contributed by atoms with van der Waals surface area (Å²) in [6, 6.07) is 14.7. The van der Waals surface area contributed by atoms with Crippen LogP contribution in [0.15, 0.2) is 57.8 Å². The van der Waals surface area contributed by atoms with E-state index >= 15 is 0 Å². The van der Waals surface area contributed by atoms with E-state index in [4.69, 9.17) is 0 Å². The Morgan fingerprint density at radius 1 is 1.07 bits per heavy atom. The molecular weight excluding hydrogens is 406 g/mol. The Labute approximate surface area is 166 Å². The molecule has 1 N–H and O–H groups in total. The molecule has 0 fully saturated rings. The first-order valence-corrected chi connectivity index (χ1v) is 9.73. The number of rotatable bonds is 5. The van der Waals surface area contributed by atoms with Crippen LogP contribution in [0.2, 0.25) is 0 Å². The van der Waals surface area contributed by atoms with Gasteiger partial charge >= 0.3 is 0 Å². The van der Waals surface area contributed by atoms with E-state index in [0.717, 1.165) is 10.0 Å². The van der Waals surface area contributed by atoms with Crippen LogP contribution < -0.4 is 10.9 Å². The van der Waals surface area contributed by atoms with Crippen molar-refractivity contribution in [2.75, 3.05) is 0 Å². The van der Waals surface area contributed by atoms with E-state index in [1.165, 1.54) is 4.68 Å². The summed E-state index contributed by atoms with van der Waals surface area (Å²) in [7, 11) is 0. The summed E-state index contributed by atoms with van der Waals surface area (Å²) in [5.74, 6) is -0.0570. The number of halogens is 1. The van der Waals surface area contributed by atoms with E-state index in [-0.39, 0.29) is 29.1 Å². The predicted molar refractivity (Wildman–Crippen MR) is 111 cm³/mol. The average Bonchev–Trinajstić information content (AvgIpc) is 2.64. The highest BCUT2D eigenvalue weighted by atomic mass is 79.9. The van der Waals surface area contributed by atoms with Crippen LogP contribution in [0.3, 0.4) is 0 Å². The molecule has 140 valence electrons. The van der Waals surface area contributed by atoms with Crippen LogP contribution in [0.1, 0.15) is 42.9 Å². The van der Waals surface area contributed by atoms with Crippen LogP contribution in [0, 0.1) is 5.92 Å². The number of carbonyl (C=O) groups excluding carboxylic acids is 1. The smallest absolute Gasteiger partial charge is 0.274 e. The van der Waals surface area contributed by atoms with Crippen LogP contribution >= 0.6 is 15.9 Å². The van der Waals surface area contributed by atoms with Gasteiger partial charge in [0.2, 0.25) is 0 Å². The van der Waals surface area contributed by atoms with Gasteiger partial charge in [0.25, 0.3) is 11.5 Å². The molecule has 0 saturated carbocycles. The van der Waals surface area contributed by atoms with E-state index in [0.29, 0.717) is 17.3 Å². The molecule has 1 aromatic heterocycles. The molecule has 0 saturated heterocycles. The number of nitrogens with one attached hydrogen (secondary N) is 1. The molecular formula is C21H22BrN3O2. The Bertz CT molecular complexity index is 1040. The van der Waals surface area contributed by atoms with Crippen molar-refractivity contribution < 1.29 is 4.79 Å². The van der Waals surface area contributed by atoms with Gasteiger partial charge in [-0.25, -0.2) is 4.68 Å². The van der Waals surface area contributed by atoms with Gasteiger partial charge in [0.15, 0.2) is 5.69 Å². The first-order chi connectivity index (χ1) is 12.9. The third kappa shape index (κ3) is 4.11. The molecule has 1 atom stereocenters. The average molecular weight is 428 g/mol. The number of aromatic nitrogens is 2. The molecule has 0 radical (unpaired) electrons. The van der Waals surface area contributed by atoms with Gasteiger partial charge in [-0.15, -0.1) is 0 Å². The second-order valence-electron chi connectivity index (χ2n) is 6.99. The minimum Gasteiger partial charge on any atom is -0.344 e. The van der Waals surface area contributed by atoms with Crippen molar-refractivity contribution in [3.63, 3.8) is 0 Å². The lowest BCUT2D eigenvalue weighted by Crippen LogP contribution is -2.33. The Balaban J connectivity index is 2.02. The normalized spacial score (nSPS) is 12.3. The van der Waals surface area contributed by atoms with Gasteiger partial charge in [-0.05, 0) is 30.5 Å². The number of fused-ring (bicyclic) bond motifs is 1. The van der Waals surface area contributed by atoms with Crippen molar-refractivity contribution in [3.05, 3.63) is 74.6 Å². The number of hydrogen-bond donors (Lipinski definition) is 1. The number of amides is 1. The summed E-state index contributed by atoms with van der Waals surface area (Å²) in [6.07, 6.45) is 0. The fourth-order valence-electron chi connectivity index (χ4n) is 3.04. The maximum Gasteiger partial charge on any atom is 0.274 e. The lowest BCUT2D eigenvalue weighted by Gasteiger charge is -2.17. The molecule has 6 heteroatoms. The SMILES string of the molecule is CC(C)Cn1nc(C(=O)NC(C)c2ccccc2Br)c2ccccc2c1=O. The van der Waals surface area contributed by atoms with Crippen LogP contribution in [0.5, 0.6) is 0 Å². The summed E-state index contributed by atoms with van der Waals surface area (Å²) in [4.78, 5) is 25.7. The van der Waals surface area contributed by atoms with Crippen molar-refractivity contribution in [2.45, 2.75) is 33.4 Å². The second kappa shape index (κ2) is 8.05. The van der Waals surface area contributed by atoms with Gasteiger partial charge in [0.05, 0.1) is 11.4 Å². The van der Waals surface area contributed by atoms with Crippen molar-refractivity contribution in [1.82, 2.24) is 15.1 Å². The lowest BCUT2D eigenvalue weighted by molar-refractivity contribution is 0.0934. The molecule has 0 aliphatic rings. The number of benzene rings is 2. The second-order valence-corrected chi connectivity index (χ2v) is 7.85. The van der Waals surface area contributed by atoms with Gasteiger partial charge < -0.3 is 5.32 Å². The predicted octanol–water partition coefficient (Wildman–Crippen LogP) is 4.31. The van der Waals surface area contributed by atoms with Gasteiger partial charge in [-0.2, -0.15) is 5.10 Å². The molecule has 3 aromatic rings. The molecule has 27 heavy (non-hydrogen) atoms.